The summed E-state index contributed by atoms with van der Waals surface area (Å²) >= 11 is 6.08. The Morgan fingerprint density at radius 3 is 2.44 bits per heavy atom. The van der Waals surface area contributed by atoms with Crippen molar-refractivity contribution in [2.24, 2.45) is 0 Å². The van der Waals surface area contributed by atoms with Crippen LogP contribution in [0.4, 0.5) is 5.69 Å². The lowest BCUT2D eigenvalue weighted by Gasteiger charge is -2.16. The van der Waals surface area contributed by atoms with Crippen LogP contribution in [0.25, 0.3) is 0 Å². The first-order valence-electron chi connectivity index (χ1n) is 8.21. The summed E-state index contributed by atoms with van der Waals surface area (Å²) in [6.45, 7) is 0.894. The fourth-order valence-electron chi connectivity index (χ4n) is 2.84. The number of halogens is 1. The topological polar surface area (TPSA) is 107 Å². The molecule has 2 aromatic carbocycles. The fraction of sp³-hybridized carbons (Fsp3) is 0.222. The number of benzene rings is 2. The average molecular weight is 408 g/mol. The third-order valence-corrected chi connectivity index (χ3v) is 6.47. The number of carboxylic acid groups (broad SMARTS) is 1. The van der Waals surface area contributed by atoms with E-state index in [9.17, 15) is 23.1 Å². The van der Waals surface area contributed by atoms with Crippen molar-refractivity contribution in [1.29, 1.82) is 0 Å². The van der Waals surface area contributed by atoms with Crippen LogP contribution < -0.4 is 10.4 Å². The van der Waals surface area contributed by atoms with Gasteiger partial charge in [-0.3, -0.25) is 4.79 Å². The molecule has 0 atom stereocenters. The van der Waals surface area contributed by atoms with Gasteiger partial charge in [-0.05, 0) is 48.7 Å². The van der Waals surface area contributed by atoms with Crippen LogP contribution in [0.15, 0.2) is 47.4 Å². The summed E-state index contributed by atoms with van der Waals surface area (Å²) < 4.78 is 26.7. The summed E-state index contributed by atoms with van der Waals surface area (Å²) in [5, 5.41) is 13.5. The molecular weight excluding hydrogens is 392 g/mol. The van der Waals surface area contributed by atoms with Crippen LogP contribution in [0.3, 0.4) is 0 Å². The van der Waals surface area contributed by atoms with E-state index in [-0.39, 0.29) is 26.7 Å². The number of carbonyl (C=O) groups excluding carboxylic acids is 2. The summed E-state index contributed by atoms with van der Waals surface area (Å²) in [6.07, 6.45) is 1.60. The molecular formula is C18H16ClN2O5S-. The zero-order valence-corrected chi connectivity index (χ0v) is 15.7. The van der Waals surface area contributed by atoms with Crippen molar-refractivity contribution in [3.63, 3.8) is 0 Å². The summed E-state index contributed by atoms with van der Waals surface area (Å²) in [7, 11) is -3.69. The van der Waals surface area contributed by atoms with E-state index in [0.29, 0.717) is 13.1 Å². The highest BCUT2D eigenvalue weighted by Crippen LogP contribution is 2.26. The first-order valence-corrected chi connectivity index (χ1v) is 10.0. The Labute approximate surface area is 161 Å². The molecule has 1 saturated heterocycles. The molecule has 27 heavy (non-hydrogen) atoms. The molecule has 1 aliphatic heterocycles. The number of hydrogen-bond donors (Lipinski definition) is 1. The summed E-state index contributed by atoms with van der Waals surface area (Å²) in [5.74, 6) is -2.02. The van der Waals surface area contributed by atoms with Gasteiger partial charge in [0.2, 0.25) is 10.0 Å². The van der Waals surface area contributed by atoms with E-state index >= 15 is 0 Å². The predicted octanol–water partition coefficient (Wildman–Crippen LogP) is 1.74. The quantitative estimate of drug-likeness (QED) is 0.812. The zero-order chi connectivity index (χ0) is 19.6. The lowest BCUT2D eigenvalue weighted by atomic mass is 10.1. The molecule has 7 nitrogen and oxygen atoms in total. The number of hydrogen-bond acceptors (Lipinski definition) is 5. The van der Waals surface area contributed by atoms with E-state index in [0.717, 1.165) is 12.8 Å². The molecule has 0 aromatic heterocycles. The lowest BCUT2D eigenvalue weighted by Crippen LogP contribution is -2.28. The average Bonchev–Trinajstić information content (AvgIpc) is 3.17. The molecule has 1 heterocycles. The number of aromatic carboxylic acids is 1. The van der Waals surface area contributed by atoms with E-state index in [2.05, 4.69) is 5.32 Å². The number of nitrogens with one attached hydrogen (secondary N) is 1. The Bertz CT molecular complexity index is 1000. The van der Waals surface area contributed by atoms with Crippen LogP contribution in [-0.2, 0) is 10.0 Å². The van der Waals surface area contributed by atoms with Crippen molar-refractivity contribution >= 4 is 39.2 Å². The summed E-state index contributed by atoms with van der Waals surface area (Å²) in [4.78, 5) is 23.5. The summed E-state index contributed by atoms with van der Waals surface area (Å²) in [6, 6.07) is 9.49. The highest BCUT2D eigenvalue weighted by Gasteiger charge is 2.28. The van der Waals surface area contributed by atoms with Crippen LogP contribution in [0.2, 0.25) is 5.02 Å². The Balaban J connectivity index is 1.89. The van der Waals surface area contributed by atoms with Crippen LogP contribution in [0.1, 0.15) is 33.6 Å². The maximum absolute atomic E-state index is 12.7. The number of anilines is 1. The first-order chi connectivity index (χ1) is 12.8. The molecule has 1 amide bonds. The van der Waals surface area contributed by atoms with Crippen LogP contribution >= 0.6 is 11.6 Å². The molecule has 0 aliphatic carbocycles. The number of carboxylic acids is 1. The van der Waals surface area contributed by atoms with Crippen LogP contribution in [0.5, 0.6) is 0 Å². The Hall–Kier alpha value is -2.42. The van der Waals surface area contributed by atoms with Gasteiger partial charge >= 0.3 is 0 Å². The number of carbonyl (C=O) groups is 2. The molecule has 1 N–H and O–H groups in total. The maximum Gasteiger partial charge on any atom is 0.257 e. The first kappa shape index (κ1) is 19.3. The van der Waals surface area contributed by atoms with Gasteiger partial charge in [-0.1, -0.05) is 23.7 Å². The number of nitrogens with zero attached hydrogens (tertiary/aromatic N) is 1. The molecule has 2 aromatic rings. The minimum Gasteiger partial charge on any atom is -0.545 e. The summed E-state index contributed by atoms with van der Waals surface area (Å²) in [5.41, 5.74) is 0.116. The van der Waals surface area contributed by atoms with Crippen LogP contribution in [-0.4, -0.2) is 37.7 Å². The van der Waals surface area contributed by atoms with Gasteiger partial charge in [0.15, 0.2) is 0 Å². The van der Waals surface area contributed by atoms with E-state index in [1.807, 2.05) is 0 Å². The molecule has 0 bridgehead atoms. The number of rotatable bonds is 5. The van der Waals surface area contributed by atoms with Gasteiger partial charge in [-0.2, -0.15) is 4.31 Å². The minimum atomic E-state index is -3.69. The molecule has 0 unspecified atom stereocenters. The predicted molar refractivity (Wildman–Crippen MR) is 98.2 cm³/mol. The van der Waals surface area contributed by atoms with Gasteiger partial charge in [-0.25, -0.2) is 8.42 Å². The highest BCUT2D eigenvalue weighted by molar-refractivity contribution is 7.89. The second-order valence-electron chi connectivity index (χ2n) is 6.08. The molecule has 142 valence electrons. The van der Waals surface area contributed by atoms with Crippen molar-refractivity contribution in [3.05, 3.63) is 58.6 Å². The molecule has 0 radical (unpaired) electrons. The highest BCUT2D eigenvalue weighted by atomic mass is 35.5. The minimum absolute atomic E-state index is 0.0116. The normalized spacial score (nSPS) is 14.9. The monoisotopic (exact) mass is 407 g/mol. The van der Waals surface area contributed by atoms with Gasteiger partial charge in [0.25, 0.3) is 5.91 Å². The van der Waals surface area contributed by atoms with Crippen LogP contribution in [0, 0.1) is 0 Å². The standard InChI is InChI=1S/C18H17ClN2O5S/c19-16-7-6-14(27(25,26)21-8-1-2-9-21)11-15(16)17(22)20-13-5-3-4-12(10-13)18(23)24/h3-7,10-11H,1-2,8-9H2,(H,20,22)(H,23,24)/p-1. The van der Waals surface area contributed by atoms with E-state index in [1.165, 1.54) is 46.8 Å². The maximum atomic E-state index is 12.7. The van der Waals surface area contributed by atoms with E-state index in [1.54, 1.807) is 0 Å². The smallest absolute Gasteiger partial charge is 0.257 e. The number of amides is 1. The molecule has 0 spiro atoms. The number of sulfonamides is 1. The molecule has 1 fully saturated rings. The fourth-order valence-corrected chi connectivity index (χ4v) is 4.59. The molecule has 9 heteroatoms. The van der Waals surface area contributed by atoms with Crippen molar-refractivity contribution in [1.82, 2.24) is 4.31 Å². The molecule has 0 saturated carbocycles. The van der Waals surface area contributed by atoms with Crippen molar-refractivity contribution in [3.8, 4) is 0 Å². The third-order valence-electron chi connectivity index (χ3n) is 4.24. The third kappa shape index (κ3) is 4.13. The zero-order valence-electron chi connectivity index (χ0n) is 14.1. The van der Waals surface area contributed by atoms with Crippen molar-refractivity contribution < 1.29 is 23.1 Å². The molecule has 1 aliphatic rings. The van der Waals surface area contributed by atoms with E-state index in [4.69, 9.17) is 11.6 Å². The Kier molecular flexibility index (Phi) is 5.50. The SMILES string of the molecule is O=C([O-])c1cccc(NC(=O)c2cc(S(=O)(=O)N3CCCC3)ccc2Cl)c1. The van der Waals surface area contributed by atoms with Gasteiger partial charge in [0.05, 0.1) is 21.5 Å². The Morgan fingerprint density at radius 2 is 1.78 bits per heavy atom. The second kappa shape index (κ2) is 7.67. The van der Waals surface area contributed by atoms with Gasteiger partial charge in [0.1, 0.15) is 0 Å². The van der Waals surface area contributed by atoms with Gasteiger partial charge in [0, 0.05) is 18.8 Å². The lowest BCUT2D eigenvalue weighted by molar-refractivity contribution is -0.255. The van der Waals surface area contributed by atoms with Crippen molar-refractivity contribution in [2.45, 2.75) is 17.7 Å². The Morgan fingerprint density at radius 1 is 1.07 bits per heavy atom. The van der Waals surface area contributed by atoms with Gasteiger partial charge in [-0.15, -0.1) is 0 Å². The second-order valence-corrected chi connectivity index (χ2v) is 8.42. The van der Waals surface area contributed by atoms with Crippen molar-refractivity contribution in [2.75, 3.05) is 18.4 Å². The molecule has 3 rings (SSSR count). The van der Waals surface area contributed by atoms with Gasteiger partial charge < -0.3 is 15.2 Å². The largest absolute Gasteiger partial charge is 0.545 e. The van der Waals surface area contributed by atoms with E-state index < -0.39 is 21.9 Å².